The van der Waals surface area contributed by atoms with Crippen molar-refractivity contribution in [3.63, 3.8) is 0 Å². The maximum Gasteiger partial charge on any atom is 0.228 e. The van der Waals surface area contributed by atoms with E-state index >= 15 is 0 Å². The van der Waals surface area contributed by atoms with Gasteiger partial charge in [-0.05, 0) is 35.9 Å². The van der Waals surface area contributed by atoms with Crippen molar-refractivity contribution in [2.45, 2.75) is 6.42 Å². The molecule has 0 saturated heterocycles. The molecular formula is C18H14N4O. The zero-order chi connectivity index (χ0) is 16.1. The Morgan fingerprint density at radius 1 is 1.17 bits per heavy atom. The van der Waals surface area contributed by atoms with Crippen molar-refractivity contribution < 1.29 is 4.79 Å². The number of benzene rings is 2. The van der Waals surface area contributed by atoms with Gasteiger partial charge in [0.05, 0.1) is 29.9 Å². The Morgan fingerprint density at radius 3 is 2.78 bits per heavy atom. The van der Waals surface area contributed by atoms with Crippen LogP contribution in [-0.4, -0.2) is 15.7 Å². The zero-order valence-corrected chi connectivity index (χ0v) is 12.3. The van der Waals surface area contributed by atoms with E-state index in [1.807, 2.05) is 42.6 Å². The SMILES string of the molecule is N#Cc1cccc(NC(=O)Cc2cnn(-c3ccccc3)c2)c1. The predicted molar refractivity (Wildman–Crippen MR) is 87.1 cm³/mol. The molecule has 5 heteroatoms. The molecule has 1 N–H and O–H groups in total. The van der Waals surface area contributed by atoms with Crippen LogP contribution in [0.1, 0.15) is 11.1 Å². The van der Waals surface area contributed by atoms with Gasteiger partial charge < -0.3 is 5.32 Å². The number of hydrogen-bond donors (Lipinski definition) is 1. The highest BCUT2D eigenvalue weighted by Crippen LogP contribution is 2.12. The number of rotatable bonds is 4. The summed E-state index contributed by atoms with van der Waals surface area (Å²) in [5.41, 5.74) is 2.90. The lowest BCUT2D eigenvalue weighted by Crippen LogP contribution is -2.14. The molecule has 5 nitrogen and oxygen atoms in total. The van der Waals surface area contributed by atoms with Crippen molar-refractivity contribution in [3.8, 4) is 11.8 Å². The first-order valence-electron chi connectivity index (χ1n) is 7.13. The van der Waals surface area contributed by atoms with E-state index < -0.39 is 0 Å². The van der Waals surface area contributed by atoms with Crippen molar-refractivity contribution in [1.29, 1.82) is 5.26 Å². The van der Waals surface area contributed by atoms with Crippen LogP contribution in [0.3, 0.4) is 0 Å². The van der Waals surface area contributed by atoms with Gasteiger partial charge in [-0.25, -0.2) is 4.68 Å². The van der Waals surface area contributed by atoms with Crippen LogP contribution in [0.15, 0.2) is 67.0 Å². The smallest absolute Gasteiger partial charge is 0.228 e. The number of hydrogen-bond acceptors (Lipinski definition) is 3. The summed E-state index contributed by atoms with van der Waals surface area (Å²) in [4.78, 5) is 12.1. The van der Waals surface area contributed by atoms with Gasteiger partial charge in [0.2, 0.25) is 5.91 Å². The number of amides is 1. The maximum absolute atomic E-state index is 12.1. The normalized spacial score (nSPS) is 10.0. The largest absolute Gasteiger partial charge is 0.326 e. The monoisotopic (exact) mass is 302 g/mol. The molecule has 0 atom stereocenters. The highest BCUT2D eigenvalue weighted by molar-refractivity contribution is 5.92. The van der Waals surface area contributed by atoms with E-state index in [0.717, 1.165) is 11.3 Å². The molecule has 0 saturated carbocycles. The minimum Gasteiger partial charge on any atom is -0.326 e. The second kappa shape index (κ2) is 6.58. The quantitative estimate of drug-likeness (QED) is 0.805. The second-order valence-electron chi connectivity index (χ2n) is 5.05. The van der Waals surface area contributed by atoms with Crippen molar-refractivity contribution >= 4 is 11.6 Å². The van der Waals surface area contributed by atoms with E-state index in [1.54, 1.807) is 35.1 Å². The van der Waals surface area contributed by atoms with Crippen molar-refractivity contribution in [2.24, 2.45) is 0 Å². The Balaban J connectivity index is 1.67. The van der Waals surface area contributed by atoms with Gasteiger partial charge in [-0.2, -0.15) is 10.4 Å². The Bertz CT molecular complexity index is 862. The molecule has 3 rings (SSSR count). The minimum absolute atomic E-state index is 0.146. The molecule has 0 aliphatic heterocycles. The average Bonchev–Trinajstić information content (AvgIpc) is 3.04. The van der Waals surface area contributed by atoms with Gasteiger partial charge in [0.1, 0.15) is 0 Å². The van der Waals surface area contributed by atoms with E-state index in [1.165, 1.54) is 0 Å². The molecule has 1 heterocycles. The summed E-state index contributed by atoms with van der Waals surface area (Å²) in [6.07, 6.45) is 3.74. The molecule has 0 unspecified atom stereocenters. The molecule has 2 aromatic carbocycles. The fourth-order valence-corrected chi connectivity index (χ4v) is 2.23. The summed E-state index contributed by atoms with van der Waals surface area (Å²) in [7, 11) is 0. The summed E-state index contributed by atoms with van der Waals surface area (Å²) in [5.74, 6) is -0.146. The summed E-state index contributed by atoms with van der Waals surface area (Å²) in [5, 5.41) is 15.9. The van der Waals surface area contributed by atoms with Crippen LogP contribution >= 0.6 is 0 Å². The standard InChI is InChI=1S/C18H14N4O/c19-11-14-5-4-6-16(9-14)21-18(23)10-15-12-20-22(13-15)17-7-2-1-3-8-17/h1-9,12-13H,10H2,(H,21,23). The molecule has 0 fully saturated rings. The first-order valence-corrected chi connectivity index (χ1v) is 7.13. The topological polar surface area (TPSA) is 70.7 Å². The third-order valence-electron chi connectivity index (χ3n) is 3.30. The Hall–Kier alpha value is -3.39. The number of aromatic nitrogens is 2. The average molecular weight is 302 g/mol. The van der Waals surface area contributed by atoms with E-state index in [2.05, 4.69) is 10.4 Å². The molecule has 1 amide bonds. The number of carbonyl (C=O) groups is 1. The summed E-state index contributed by atoms with van der Waals surface area (Å²) in [6, 6.07) is 18.6. The zero-order valence-electron chi connectivity index (χ0n) is 12.3. The fraction of sp³-hybridized carbons (Fsp3) is 0.0556. The van der Waals surface area contributed by atoms with Gasteiger partial charge in [-0.15, -0.1) is 0 Å². The van der Waals surface area contributed by atoms with Crippen LogP contribution in [0.25, 0.3) is 5.69 Å². The Morgan fingerprint density at radius 2 is 2.00 bits per heavy atom. The first-order chi connectivity index (χ1) is 11.2. The van der Waals surface area contributed by atoms with Gasteiger partial charge in [0, 0.05) is 11.9 Å². The fourth-order valence-electron chi connectivity index (χ4n) is 2.23. The van der Waals surface area contributed by atoms with Gasteiger partial charge in [0.25, 0.3) is 0 Å². The molecule has 0 radical (unpaired) electrons. The van der Waals surface area contributed by atoms with Crippen LogP contribution in [0.5, 0.6) is 0 Å². The summed E-state index contributed by atoms with van der Waals surface area (Å²) in [6.45, 7) is 0. The molecule has 112 valence electrons. The number of para-hydroxylation sites is 1. The van der Waals surface area contributed by atoms with Crippen molar-refractivity contribution in [2.75, 3.05) is 5.32 Å². The third kappa shape index (κ3) is 3.63. The van der Waals surface area contributed by atoms with Crippen LogP contribution < -0.4 is 5.32 Å². The first kappa shape index (κ1) is 14.5. The van der Waals surface area contributed by atoms with E-state index in [-0.39, 0.29) is 12.3 Å². The number of nitrogens with zero attached hydrogens (tertiary/aromatic N) is 3. The predicted octanol–water partition coefficient (Wildman–Crippen LogP) is 2.93. The lowest BCUT2D eigenvalue weighted by Gasteiger charge is -2.04. The van der Waals surface area contributed by atoms with Crippen molar-refractivity contribution in [3.05, 3.63) is 78.1 Å². The number of nitrogens with one attached hydrogen (secondary N) is 1. The maximum atomic E-state index is 12.1. The van der Waals surface area contributed by atoms with Crippen LogP contribution in [0, 0.1) is 11.3 Å². The Labute approximate surface area is 133 Å². The molecular weight excluding hydrogens is 288 g/mol. The summed E-state index contributed by atoms with van der Waals surface area (Å²) < 4.78 is 1.74. The van der Waals surface area contributed by atoms with Gasteiger partial charge in [-0.3, -0.25) is 4.79 Å². The number of anilines is 1. The summed E-state index contributed by atoms with van der Waals surface area (Å²) >= 11 is 0. The Kier molecular flexibility index (Phi) is 4.16. The molecule has 23 heavy (non-hydrogen) atoms. The number of nitriles is 1. The van der Waals surface area contributed by atoms with E-state index in [0.29, 0.717) is 11.3 Å². The van der Waals surface area contributed by atoms with Crippen molar-refractivity contribution in [1.82, 2.24) is 9.78 Å². The molecule has 1 aromatic heterocycles. The lowest BCUT2D eigenvalue weighted by molar-refractivity contribution is -0.115. The minimum atomic E-state index is -0.146. The highest BCUT2D eigenvalue weighted by Gasteiger charge is 2.07. The second-order valence-corrected chi connectivity index (χ2v) is 5.05. The van der Waals surface area contributed by atoms with Gasteiger partial charge >= 0.3 is 0 Å². The van der Waals surface area contributed by atoms with Gasteiger partial charge in [-0.1, -0.05) is 24.3 Å². The highest BCUT2D eigenvalue weighted by atomic mass is 16.1. The van der Waals surface area contributed by atoms with Crippen LogP contribution in [0.2, 0.25) is 0 Å². The molecule has 0 aliphatic carbocycles. The van der Waals surface area contributed by atoms with Crippen LogP contribution in [-0.2, 0) is 11.2 Å². The number of carbonyl (C=O) groups excluding carboxylic acids is 1. The molecule has 3 aromatic rings. The van der Waals surface area contributed by atoms with Crippen LogP contribution in [0.4, 0.5) is 5.69 Å². The van der Waals surface area contributed by atoms with E-state index in [9.17, 15) is 4.79 Å². The molecule has 0 spiro atoms. The van der Waals surface area contributed by atoms with Gasteiger partial charge in [0.15, 0.2) is 0 Å². The third-order valence-corrected chi connectivity index (χ3v) is 3.30. The molecule has 0 bridgehead atoms. The lowest BCUT2D eigenvalue weighted by atomic mass is 10.2. The molecule has 0 aliphatic rings. The van der Waals surface area contributed by atoms with E-state index in [4.69, 9.17) is 5.26 Å².